The third-order valence-electron chi connectivity index (χ3n) is 3.73. The predicted octanol–water partition coefficient (Wildman–Crippen LogP) is 3.56. The number of nitrogens with one attached hydrogen (secondary N) is 2. The first-order valence-electron chi connectivity index (χ1n) is 7.66. The Morgan fingerprint density at radius 2 is 1.91 bits per heavy atom. The van der Waals surface area contributed by atoms with Gasteiger partial charge in [0.15, 0.2) is 5.75 Å². The molecule has 4 heteroatoms. The number of hydrogen-bond donors (Lipinski definition) is 2. The van der Waals surface area contributed by atoms with Crippen molar-refractivity contribution in [1.82, 2.24) is 5.32 Å². The van der Waals surface area contributed by atoms with Gasteiger partial charge in [-0.3, -0.25) is 4.79 Å². The molecule has 1 atom stereocenters. The number of rotatable bonds is 5. The van der Waals surface area contributed by atoms with Gasteiger partial charge in [-0.2, -0.15) is 0 Å². The minimum Gasteiger partial charge on any atom is -0.455 e. The van der Waals surface area contributed by atoms with Crippen molar-refractivity contribution in [1.29, 1.82) is 0 Å². The fourth-order valence-corrected chi connectivity index (χ4v) is 2.63. The van der Waals surface area contributed by atoms with E-state index < -0.39 is 0 Å². The Labute approximate surface area is 130 Å². The number of carbonyl (C=O) groups is 1. The van der Waals surface area contributed by atoms with Gasteiger partial charge in [0.05, 0.1) is 5.69 Å². The van der Waals surface area contributed by atoms with Crippen molar-refractivity contribution in [3.05, 3.63) is 54.6 Å². The second kappa shape index (κ2) is 7.09. The molecular formula is C18H20N2O2. The highest BCUT2D eigenvalue weighted by molar-refractivity contribution is 5.92. The van der Waals surface area contributed by atoms with Gasteiger partial charge in [0.2, 0.25) is 5.91 Å². The third kappa shape index (κ3) is 3.86. The highest BCUT2D eigenvalue weighted by Gasteiger charge is 2.18. The molecule has 0 spiro atoms. The molecule has 0 bridgehead atoms. The minimum absolute atomic E-state index is 0.0171. The molecule has 1 amide bonds. The maximum Gasteiger partial charge on any atom is 0.226 e. The van der Waals surface area contributed by atoms with E-state index >= 15 is 0 Å². The summed E-state index contributed by atoms with van der Waals surface area (Å²) in [6, 6.07) is 17.4. The van der Waals surface area contributed by atoms with Crippen molar-refractivity contribution in [2.45, 2.75) is 25.3 Å². The number of amides is 1. The summed E-state index contributed by atoms with van der Waals surface area (Å²) in [5, 5.41) is 6.29. The highest BCUT2D eigenvalue weighted by atomic mass is 16.5. The number of benzene rings is 2. The molecule has 1 fully saturated rings. The van der Waals surface area contributed by atoms with Crippen molar-refractivity contribution >= 4 is 11.6 Å². The molecule has 0 saturated carbocycles. The molecule has 1 aliphatic rings. The Bertz CT molecular complexity index is 622. The smallest absolute Gasteiger partial charge is 0.226 e. The SMILES string of the molecule is O=C(CC1CCCN1)Nc1ccccc1Oc1ccccc1. The summed E-state index contributed by atoms with van der Waals surface area (Å²) in [6.07, 6.45) is 2.71. The zero-order valence-electron chi connectivity index (χ0n) is 12.4. The minimum atomic E-state index is 0.0171. The van der Waals surface area contributed by atoms with Crippen molar-refractivity contribution in [2.75, 3.05) is 11.9 Å². The molecule has 2 aromatic rings. The van der Waals surface area contributed by atoms with Crippen LogP contribution in [0.2, 0.25) is 0 Å². The number of anilines is 1. The van der Waals surface area contributed by atoms with Crippen LogP contribution in [0.25, 0.3) is 0 Å². The summed E-state index contributed by atoms with van der Waals surface area (Å²) in [7, 11) is 0. The third-order valence-corrected chi connectivity index (χ3v) is 3.73. The van der Waals surface area contributed by atoms with Gasteiger partial charge >= 0.3 is 0 Å². The van der Waals surface area contributed by atoms with Crippen LogP contribution in [-0.2, 0) is 4.79 Å². The number of carbonyl (C=O) groups excluding carboxylic acids is 1. The van der Waals surface area contributed by atoms with Crippen LogP contribution in [0, 0.1) is 0 Å². The fourth-order valence-electron chi connectivity index (χ4n) is 2.63. The molecule has 2 aromatic carbocycles. The van der Waals surface area contributed by atoms with E-state index in [1.807, 2.05) is 54.6 Å². The van der Waals surface area contributed by atoms with Gasteiger partial charge in [-0.15, -0.1) is 0 Å². The Balaban J connectivity index is 1.66. The monoisotopic (exact) mass is 296 g/mol. The molecule has 1 aliphatic heterocycles. The summed E-state index contributed by atoms with van der Waals surface area (Å²) >= 11 is 0. The van der Waals surface area contributed by atoms with Crippen LogP contribution < -0.4 is 15.4 Å². The van der Waals surface area contributed by atoms with Crippen molar-refractivity contribution < 1.29 is 9.53 Å². The molecular weight excluding hydrogens is 276 g/mol. The molecule has 3 rings (SSSR count). The van der Waals surface area contributed by atoms with Crippen LogP contribution in [0.15, 0.2) is 54.6 Å². The summed E-state index contributed by atoms with van der Waals surface area (Å²) in [6.45, 7) is 1.01. The average molecular weight is 296 g/mol. The highest BCUT2D eigenvalue weighted by Crippen LogP contribution is 2.29. The summed E-state index contributed by atoms with van der Waals surface area (Å²) in [5.41, 5.74) is 0.703. The Kier molecular flexibility index (Phi) is 4.71. The molecule has 22 heavy (non-hydrogen) atoms. The summed E-state index contributed by atoms with van der Waals surface area (Å²) < 4.78 is 5.85. The average Bonchev–Trinajstić information content (AvgIpc) is 3.03. The molecule has 0 radical (unpaired) electrons. The van der Waals surface area contributed by atoms with Crippen LogP contribution >= 0.6 is 0 Å². The Morgan fingerprint density at radius 3 is 2.68 bits per heavy atom. The van der Waals surface area contributed by atoms with Gasteiger partial charge in [0.1, 0.15) is 5.75 Å². The lowest BCUT2D eigenvalue weighted by Gasteiger charge is -2.14. The van der Waals surface area contributed by atoms with Crippen LogP contribution in [0.4, 0.5) is 5.69 Å². The van der Waals surface area contributed by atoms with E-state index in [9.17, 15) is 4.79 Å². The van der Waals surface area contributed by atoms with Crippen LogP contribution in [-0.4, -0.2) is 18.5 Å². The molecule has 0 aliphatic carbocycles. The predicted molar refractivity (Wildman–Crippen MR) is 87.2 cm³/mol. The van der Waals surface area contributed by atoms with Crippen molar-refractivity contribution in [3.8, 4) is 11.5 Å². The van der Waals surface area contributed by atoms with E-state index in [-0.39, 0.29) is 5.91 Å². The molecule has 4 nitrogen and oxygen atoms in total. The first-order chi connectivity index (χ1) is 10.8. The molecule has 2 N–H and O–H groups in total. The van der Waals surface area contributed by atoms with Gasteiger partial charge in [-0.25, -0.2) is 0 Å². The lowest BCUT2D eigenvalue weighted by Crippen LogP contribution is -2.27. The Hall–Kier alpha value is -2.33. The lowest BCUT2D eigenvalue weighted by molar-refractivity contribution is -0.116. The van der Waals surface area contributed by atoms with E-state index in [1.165, 1.54) is 0 Å². The standard InChI is InChI=1S/C18H20N2O2/c21-18(13-14-7-6-12-19-14)20-16-10-4-5-11-17(16)22-15-8-2-1-3-9-15/h1-5,8-11,14,19H,6-7,12-13H2,(H,20,21). The van der Waals surface area contributed by atoms with Crippen LogP contribution in [0.5, 0.6) is 11.5 Å². The summed E-state index contributed by atoms with van der Waals surface area (Å²) in [4.78, 5) is 12.2. The quantitative estimate of drug-likeness (QED) is 0.887. The normalized spacial score (nSPS) is 17.2. The van der Waals surface area contributed by atoms with Gasteiger partial charge in [0.25, 0.3) is 0 Å². The van der Waals surface area contributed by atoms with Gasteiger partial charge < -0.3 is 15.4 Å². The van der Waals surface area contributed by atoms with E-state index in [1.54, 1.807) is 0 Å². The topological polar surface area (TPSA) is 50.4 Å². The molecule has 0 aromatic heterocycles. The van der Waals surface area contributed by atoms with E-state index in [4.69, 9.17) is 4.74 Å². The van der Waals surface area contributed by atoms with Crippen LogP contribution in [0.1, 0.15) is 19.3 Å². The molecule has 1 saturated heterocycles. The Morgan fingerprint density at radius 1 is 1.14 bits per heavy atom. The molecule has 114 valence electrons. The lowest BCUT2D eigenvalue weighted by atomic mass is 10.1. The maximum atomic E-state index is 12.2. The first-order valence-corrected chi connectivity index (χ1v) is 7.66. The summed E-state index contributed by atoms with van der Waals surface area (Å²) in [5.74, 6) is 1.42. The van der Waals surface area contributed by atoms with Crippen molar-refractivity contribution in [2.24, 2.45) is 0 Å². The largest absolute Gasteiger partial charge is 0.455 e. The van der Waals surface area contributed by atoms with Crippen molar-refractivity contribution in [3.63, 3.8) is 0 Å². The second-order valence-corrected chi connectivity index (χ2v) is 5.46. The second-order valence-electron chi connectivity index (χ2n) is 5.46. The first kappa shape index (κ1) is 14.6. The van der Waals surface area contributed by atoms with Gasteiger partial charge in [-0.1, -0.05) is 30.3 Å². The molecule has 1 unspecified atom stereocenters. The zero-order chi connectivity index (χ0) is 15.2. The van der Waals surface area contributed by atoms with Crippen LogP contribution in [0.3, 0.4) is 0 Å². The molecule has 1 heterocycles. The number of ether oxygens (including phenoxy) is 1. The van der Waals surface area contributed by atoms with Gasteiger partial charge in [-0.05, 0) is 43.7 Å². The van der Waals surface area contributed by atoms with E-state index in [0.717, 1.165) is 25.1 Å². The maximum absolute atomic E-state index is 12.2. The fraction of sp³-hybridized carbons (Fsp3) is 0.278. The number of hydrogen-bond acceptors (Lipinski definition) is 3. The van der Waals surface area contributed by atoms with E-state index in [2.05, 4.69) is 10.6 Å². The number of para-hydroxylation sites is 3. The van der Waals surface area contributed by atoms with E-state index in [0.29, 0.717) is 23.9 Å². The zero-order valence-corrected chi connectivity index (χ0v) is 12.4. The van der Waals surface area contributed by atoms with Gasteiger partial charge in [0, 0.05) is 12.5 Å².